The Morgan fingerprint density at radius 1 is 1.37 bits per heavy atom. The third-order valence-corrected chi connectivity index (χ3v) is 2.87. The van der Waals surface area contributed by atoms with Gasteiger partial charge in [-0.3, -0.25) is 14.4 Å². The molecule has 1 N–H and O–H groups in total. The number of halogens is 1. The molecule has 1 aliphatic heterocycles. The van der Waals surface area contributed by atoms with Gasteiger partial charge in [-0.2, -0.15) is 0 Å². The molecule has 0 aliphatic carbocycles. The molecule has 0 saturated heterocycles. The maximum atomic E-state index is 13.2. The molecule has 0 radical (unpaired) electrons. The van der Waals surface area contributed by atoms with Crippen LogP contribution in [0.5, 0.6) is 0 Å². The summed E-state index contributed by atoms with van der Waals surface area (Å²) in [6, 6.07) is 3.56. The number of ketones is 1. The fourth-order valence-electron chi connectivity index (χ4n) is 1.99. The zero-order chi connectivity index (χ0) is 14.0. The highest BCUT2D eigenvalue weighted by molar-refractivity contribution is 6.52. The van der Waals surface area contributed by atoms with Crippen LogP contribution in [0.25, 0.3) is 0 Å². The van der Waals surface area contributed by atoms with Crippen molar-refractivity contribution in [3.63, 3.8) is 0 Å². The second kappa shape index (κ2) is 5.17. The molecule has 2 amide bonds. The van der Waals surface area contributed by atoms with Crippen LogP contribution in [-0.2, 0) is 9.59 Å². The molecule has 0 fully saturated rings. The van der Waals surface area contributed by atoms with Gasteiger partial charge in [-0.1, -0.05) is 0 Å². The molecule has 19 heavy (non-hydrogen) atoms. The topological polar surface area (TPSA) is 66.5 Å². The van der Waals surface area contributed by atoms with Gasteiger partial charge >= 0.3 is 0 Å². The van der Waals surface area contributed by atoms with Gasteiger partial charge in [0.2, 0.25) is 5.91 Å². The summed E-state index contributed by atoms with van der Waals surface area (Å²) in [6.07, 6.45) is 0.0722. The molecule has 1 aromatic carbocycles. The van der Waals surface area contributed by atoms with E-state index in [-0.39, 0.29) is 30.1 Å². The summed E-state index contributed by atoms with van der Waals surface area (Å²) in [5, 5.41) is 2.59. The molecular weight excluding hydrogens is 251 g/mol. The minimum Gasteiger partial charge on any atom is -0.356 e. The summed E-state index contributed by atoms with van der Waals surface area (Å²) in [7, 11) is 0. The average molecular weight is 264 g/mol. The first-order chi connectivity index (χ1) is 9.04. The number of nitrogens with zero attached hydrogens (tertiary/aromatic N) is 1. The van der Waals surface area contributed by atoms with Gasteiger partial charge in [-0.05, 0) is 25.1 Å². The summed E-state index contributed by atoms with van der Waals surface area (Å²) in [6.45, 7) is 2.34. The van der Waals surface area contributed by atoms with Crippen LogP contribution in [0.2, 0.25) is 0 Å². The van der Waals surface area contributed by atoms with E-state index in [1.165, 1.54) is 6.07 Å². The summed E-state index contributed by atoms with van der Waals surface area (Å²) in [5.74, 6) is -2.12. The molecule has 2 rings (SSSR count). The predicted molar refractivity (Wildman–Crippen MR) is 66.4 cm³/mol. The fourth-order valence-corrected chi connectivity index (χ4v) is 1.99. The number of nitrogens with one attached hydrogen (secondary N) is 1. The molecule has 100 valence electrons. The van der Waals surface area contributed by atoms with Gasteiger partial charge in [0.25, 0.3) is 11.7 Å². The van der Waals surface area contributed by atoms with Crippen molar-refractivity contribution in [3.05, 3.63) is 29.6 Å². The van der Waals surface area contributed by atoms with E-state index in [2.05, 4.69) is 5.32 Å². The predicted octanol–water partition coefficient (Wildman–Crippen LogP) is 0.881. The van der Waals surface area contributed by atoms with Crippen LogP contribution >= 0.6 is 0 Å². The zero-order valence-electron chi connectivity index (χ0n) is 10.4. The molecule has 0 unspecified atom stereocenters. The summed E-state index contributed by atoms with van der Waals surface area (Å²) >= 11 is 0. The molecule has 5 nitrogen and oxygen atoms in total. The van der Waals surface area contributed by atoms with E-state index in [1.54, 1.807) is 6.92 Å². The number of benzene rings is 1. The normalized spacial score (nSPS) is 13.7. The van der Waals surface area contributed by atoms with Crippen molar-refractivity contribution < 1.29 is 18.8 Å². The lowest BCUT2D eigenvalue weighted by Crippen LogP contribution is -2.34. The molecule has 0 aromatic heterocycles. The number of hydrogen-bond acceptors (Lipinski definition) is 3. The minimum atomic E-state index is -0.718. The van der Waals surface area contributed by atoms with Crippen LogP contribution in [0.15, 0.2) is 18.2 Å². The Hall–Kier alpha value is -2.24. The van der Waals surface area contributed by atoms with Crippen LogP contribution in [0, 0.1) is 5.82 Å². The van der Waals surface area contributed by atoms with E-state index in [0.29, 0.717) is 6.54 Å². The van der Waals surface area contributed by atoms with E-state index in [1.807, 2.05) is 0 Å². The molecule has 1 heterocycles. The first-order valence-electron chi connectivity index (χ1n) is 5.97. The number of carbonyl (C=O) groups excluding carboxylic acids is 3. The highest BCUT2D eigenvalue weighted by Gasteiger charge is 2.35. The average Bonchev–Trinajstić information content (AvgIpc) is 2.60. The second-order valence-electron chi connectivity index (χ2n) is 4.15. The van der Waals surface area contributed by atoms with E-state index >= 15 is 0 Å². The molecule has 0 spiro atoms. The molecule has 0 saturated carbocycles. The van der Waals surface area contributed by atoms with Crippen molar-refractivity contribution in [2.45, 2.75) is 13.3 Å². The van der Waals surface area contributed by atoms with E-state index in [4.69, 9.17) is 0 Å². The number of anilines is 1. The molecular formula is C13H13FN2O3. The monoisotopic (exact) mass is 264 g/mol. The summed E-state index contributed by atoms with van der Waals surface area (Å²) in [4.78, 5) is 35.9. The molecule has 1 aromatic rings. The van der Waals surface area contributed by atoms with Crippen LogP contribution in [0.4, 0.5) is 10.1 Å². The molecule has 6 heteroatoms. The van der Waals surface area contributed by atoms with Crippen molar-refractivity contribution in [3.8, 4) is 0 Å². The molecule has 0 atom stereocenters. The fraction of sp³-hybridized carbons (Fsp3) is 0.308. The highest BCUT2D eigenvalue weighted by atomic mass is 19.1. The quantitative estimate of drug-likeness (QED) is 0.821. The molecule has 1 aliphatic rings. The highest BCUT2D eigenvalue weighted by Crippen LogP contribution is 2.29. The Balaban J connectivity index is 2.18. The van der Waals surface area contributed by atoms with Gasteiger partial charge in [0, 0.05) is 19.5 Å². The zero-order valence-corrected chi connectivity index (χ0v) is 10.4. The number of rotatable bonds is 4. The van der Waals surface area contributed by atoms with Crippen LogP contribution < -0.4 is 10.2 Å². The van der Waals surface area contributed by atoms with E-state index < -0.39 is 17.5 Å². The summed E-state index contributed by atoms with van der Waals surface area (Å²) < 4.78 is 13.2. The Morgan fingerprint density at radius 3 is 2.79 bits per heavy atom. The smallest absolute Gasteiger partial charge is 0.299 e. The first-order valence-corrected chi connectivity index (χ1v) is 5.97. The van der Waals surface area contributed by atoms with Crippen molar-refractivity contribution in [1.82, 2.24) is 5.32 Å². The number of Topliss-reactive ketones (excluding diaryl/α,β-unsaturated/α-hetero) is 1. The van der Waals surface area contributed by atoms with Crippen LogP contribution in [0.1, 0.15) is 23.7 Å². The van der Waals surface area contributed by atoms with Gasteiger partial charge in [-0.25, -0.2) is 4.39 Å². The maximum Gasteiger partial charge on any atom is 0.299 e. The van der Waals surface area contributed by atoms with Crippen molar-refractivity contribution in [1.29, 1.82) is 0 Å². The van der Waals surface area contributed by atoms with E-state index in [0.717, 1.165) is 17.0 Å². The standard InChI is InChI=1S/C13H13FN2O3/c1-2-15-11(17)5-6-16-10-7-8(14)3-4-9(10)12(18)13(16)19/h3-4,7H,2,5-6H2,1H3,(H,15,17). The maximum absolute atomic E-state index is 13.2. The second-order valence-corrected chi connectivity index (χ2v) is 4.15. The van der Waals surface area contributed by atoms with Gasteiger partial charge < -0.3 is 10.2 Å². The van der Waals surface area contributed by atoms with Crippen LogP contribution in [-0.4, -0.2) is 30.7 Å². The number of amides is 2. The van der Waals surface area contributed by atoms with Gasteiger partial charge in [-0.15, -0.1) is 0 Å². The largest absolute Gasteiger partial charge is 0.356 e. The first kappa shape index (κ1) is 13.2. The third kappa shape index (κ3) is 2.47. The number of fused-ring (bicyclic) bond motifs is 1. The lowest BCUT2D eigenvalue weighted by atomic mass is 10.1. The minimum absolute atomic E-state index is 0.0624. The van der Waals surface area contributed by atoms with Gasteiger partial charge in [0.15, 0.2) is 0 Å². The Kier molecular flexibility index (Phi) is 3.59. The lowest BCUT2D eigenvalue weighted by Gasteiger charge is -2.15. The SMILES string of the molecule is CCNC(=O)CCN1C(=O)C(=O)c2ccc(F)cc21. The third-order valence-electron chi connectivity index (χ3n) is 2.87. The lowest BCUT2D eigenvalue weighted by molar-refractivity contribution is -0.120. The van der Waals surface area contributed by atoms with Crippen molar-refractivity contribution >= 4 is 23.3 Å². The van der Waals surface area contributed by atoms with Gasteiger partial charge in [0.1, 0.15) is 5.82 Å². The molecule has 0 bridgehead atoms. The van der Waals surface area contributed by atoms with Gasteiger partial charge in [0.05, 0.1) is 11.3 Å². The Labute approximate surface area is 109 Å². The summed E-state index contributed by atoms with van der Waals surface area (Å²) in [5.41, 5.74) is 0.418. The van der Waals surface area contributed by atoms with Crippen LogP contribution in [0.3, 0.4) is 0 Å². The van der Waals surface area contributed by atoms with E-state index in [9.17, 15) is 18.8 Å². The Morgan fingerprint density at radius 2 is 2.11 bits per heavy atom. The number of hydrogen-bond donors (Lipinski definition) is 1. The Bertz CT molecular complexity index is 557. The van der Waals surface area contributed by atoms with Crippen molar-refractivity contribution in [2.75, 3.05) is 18.0 Å². The number of carbonyl (C=O) groups is 3. The van der Waals surface area contributed by atoms with Crippen molar-refractivity contribution in [2.24, 2.45) is 0 Å².